The van der Waals surface area contributed by atoms with Gasteiger partial charge in [0, 0.05) is 17.0 Å². The number of carboxylic acid groups (broad SMARTS) is 1. The maximum absolute atomic E-state index is 13.6. The maximum atomic E-state index is 13.6. The first-order valence-electron chi connectivity index (χ1n) is 5.43. The molecule has 0 unspecified atom stereocenters. The minimum atomic E-state index is -4.89. The van der Waals surface area contributed by atoms with Crippen molar-refractivity contribution in [1.29, 1.82) is 0 Å². The molecule has 0 radical (unpaired) electrons. The summed E-state index contributed by atoms with van der Waals surface area (Å²) < 4.78 is 51.7. The van der Waals surface area contributed by atoms with Crippen molar-refractivity contribution < 1.29 is 27.5 Å². The summed E-state index contributed by atoms with van der Waals surface area (Å²) in [7, 11) is 0. The molecule has 0 amide bonds. The molecule has 0 spiro atoms. The largest absolute Gasteiger partial charge is 0.477 e. The quantitative estimate of drug-likeness (QED) is 0.851. The fourth-order valence-corrected chi connectivity index (χ4v) is 2.79. The second-order valence-electron chi connectivity index (χ2n) is 3.97. The Balaban J connectivity index is 2.45. The number of nitrogens with zero attached hydrogens (tertiary/aromatic N) is 1. The van der Waals surface area contributed by atoms with E-state index in [1.54, 1.807) is 0 Å². The molecule has 0 fully saturated rings. The van der Waals surface area contributed by atoms with E-state index in [4.69, 9.17) is 16.7 Å². The topological polar surface area (TPSA) is 50.2 Å². The van der Waals surface area contributed by atoms with Gasteiger partial charge in [0.2, 0.25) is 0 Å². The zero-order valence-corrected chi connectivity index (χ0v) is 11.6. The van der Waals surface area contributed by atoms with Crippen LogP contribution in [-0.4, -0.2) is 16.1 Å². The number of halogens is 5. The first kappa shape index (κ1) is 15.7. The van der Waals surface area contributed by atoms with E-state index in [0.29, 0.717) is 11.3 Å². The maximum Gasteiger partial charge on any atom is 0.435 e. The van der Waals surface area contributed by atoms with Crippen LogP contribution in [-0.2, 0) is 12.6 Å². The molecule has 0 atom stereocenters. The van der Waals surface area contributed by atoms with Gasteiger partial charge in [-0.15, -0.1) is 11.3 Å². The molecule has 1 aromatic carbocycles. The fraction of sp³-hybridized carbons (Fsp3) is 0.167. The predicted octanol–water partition coefficient (Wildman–Crippen LogP) is 4.24. The SMILES string of the molecule is O=C(O)c1sc(Cc2c(F)cccc2Cl)nc1C(F)(F)F. The average molecular weight is 340 g/mol. The zero-order valence-electron chi connectivity index (χ0n) is 10.0. The molecule has 0 aliphatic carbocycles. The van der Waals surface area contributed by atoms with E-state index in [0.717, 1.165) is 6.07 Å². The Morgan fingerprint density at radius 1 is 1.38 bits per heavy atom. The molecule has 0 saturated carbocycles. The van der Waals surface area contributed by atoms with Gasteiger partial charge >= 0.3 is 12.1 Å². The van der Waals surface area contributed by atoms with Gasteiger partial charge in [0.25, 0.3) is 0 Å². The van der Waals surface area contributed by atoms with Gasteiger partial charge in [-0.2, -0.15) is 13.2 Å². The number of rotatable bonds is 3. The number of hydrogen-bond donors (Lipinski definition) is 1. The van der Waals surface area contributed by atoms with E-state index in [2.05, 4.69) is 4.98 Å². The van der Waals surface area contributed by atoms with Crippen molar-refractivity contribution in [2.75, 3.05) is 0 Å². The van der Waals surface area contributed by atoms with Gasteiger partial charge in [0.1, 0.15) is 10.7 Å². The fourth-order valence-electron chi connectivity index (χ4n) is 1.63. The molecule has 3 nitrogen and oxygen atoms in total. The van der Waals surface area contributed by atoms with E-state index in [1.165, 1.54) is 12.1 Å². The van der Waals surface area contributed by atoms with Crippen LogP contribution in [0.4, 0.5) is 17.6 Å². The average Bonchev–Trinajstić information content (AvgIpc) is 2.78. The van der Waals surface area contributed by atoms with Gasteiger partial charge in [0.05, 0.1) is 5.01 Å². The lowest BCUT2D eigenvalue weighted by atomic mass is 10.1. The molecule has 1 heterocycles. The molecule has 0 bridgehead atoms. The molecule has 0 saturated heterocycles. The molecule has 0 aliphatic heterocycles. The van der Waals surface area contributed by atoms with Crippen LogP contribution in [0.25, 0.3) is 0 Å². The van der Waals surface area contributed by atoms with Crippen LogP contribution in [0.5, 0.6) is 0 Å². The van der Waals surface area contributed by atoms with Crippen molar-refractivity contribution in [3.05, 3.63) is 50.2 Å². The van der Waals surface area contributed by atoms with Crippen LogP contribution in [0, 0.1) is 5.82 Å². The monoisotopic (exact) mass is 339 g/mol. The number of aromatic nitrogens is 1. The lowest BCUT2D eigenvalue weighted by molar-refractivity contribution is -0.141. The van der Waals surface area contributed by atoms with Crippen LogP contribution < -0.4 is 0 Å². The van der Waals surface area contributed by atoms with Crippen molar-refractivity contribution >= 4 is 28.9 Å². The Hall–Kier alpha value is -1.67. The summed E-state index contributed by atoms with van der Waals surface area (Å²) in [6, 6.07) is 3.85. The van der Waals surface area contributed by atoms with E-state index < -0.39 is 28.5 Å². The van der Waals surface area contributed by atoms with Crippen LogP contribution >= 0.6 is 22.9 Å². The van der Waals surface area contributed by atoms with Crippen LogP contribution in [0.3, 0.4) is 0 Å². The van der Waals surface area contributed by atoms with Crippen molar-refractivity contribution in [2.45, 2.75) is 12.6 Å². The highest BCUT2D eigenvalue weighted by Gasteiger charge is 2.39. The first-order chi connectivity index (χ1) is 9.70. The third-order valence-electron chi connectivity index (χ3n) is 2.52. The van der Waals surface area contributed by atoms with Gasteiger partial charge in [-0.1, -0.05) is 17.7 Å². The number of alkyl halides is 3. The Bertz CT molecular complexity index is 679. The summed E-state index contributed by atoms with van der Waals surface area (Å²) in [6.07, 6.45) is -5.20. The van der Waals surface area contributed by atoms with Gasteiger partial charge in [-0.3, -0.25) is 0 Å². The Kier molecular flexibility index (Phi) is 4.20. The van der Waals surface area contributed by atoms with Crippen molar-refractivity contribution in [3.63, 3.8) is 0 Å². The highest BCUT2D eigenvalue weighted by atomic mass is 35.5. The zero-order chi connectivity index (χ0) is 15.8. The molecule has 1 aromatic heterocycles. The highest BCUT2D eigenvalue weighted by Crippen LogP contribution is 2.35. The summed E-state index contributed by atoms with van der Waals surface area (Å²) in [4.78, 5) is 13.2. The lowest BCUT2D eigenvalue weighted by Crippen LogP contribution is -2.11. The Morgan fingerprint density at radius 2 is 2.05 bits per heavy atom. The molecular formula is C12H6ClF4NO2S. The summed E-state index contributed by atoms with van der Waals surface area (Å²) in [5.41, 5.74) is -1.51. The molecular weight excluding hydrogens is 334 g/mol. The third-order valence-corrected chi connectivity index (χ3v) is 3.92. The molecule has 0 aliphatic rings. The minimum absolute atomic E-state index is 0.0291. The Labute approximate surface area is 124 Å². The number of hydrogen-bond acceptors (Lipinski definition) is 3. The van der Waals surface area contributed by atoms with Gasteiger partial charge < -0.3 is 5.11 Å². The van der Waals surface area contributed by atoms with E-state index in [9.17, 15) is 22.4 Å². The molecule has 1 N–H and O–H groups in total. The lowest BCUT2D eigenvalue weighted by Gasteiger charge is -2.03. The van der Waals surface area contributed by atoms with Crippen molar-refractivity contribution in [3.8, 4) is 0 Å². The standard InChI is InChI=1S/C12H6ClF4NO2S/c13-6-2-1-3-7(14)5(6)4-8-18-10(12(15,16)17)9(21-8)11(19)20/h1-3H,4H2,(H,19,20). The van der Waals surface area contributed by atoms with E-state index in [-0.39, 0.29) is 22.0 Å². The van der Waals surface area contributed by atoms with Gasteiger partial charge in [0.15, 0.2) is 5.69 Å². The number of benzene rings is 1. The second kappa shape index (κ2) is 5.61. The van der Waals surface area contributed by atoms with Gasteiger partial charge in [-0.05, 0) is 12.1 Å². The third kappa shape index (κ3) is 3.33. The van der Waals surface area contributed by atoms with E-state index >= 15 is 0 Å². The van der Waals surface area contributed by atoms with Crippen LogP contribution in [0.1, 0.15) is 25.9 Å². The molecule has 21 heavy (non-hydrogen) atoms. The molecule has 112 valence electrons. The van der Waals surface area contributed by atoms with Crippen LogP contribution in [0.2, 0.25) is 5.02 Å². The Morgan fingerprint density at radius 3 is 2.52 bits per heavy atom. The summed E-state index contributed by atoms with van der Waals surface area (Å²) in [5, 5.41) is 8.65. The van der Waals surface area contributed by atoms with E-state index in [1.807, 2.05) is 0 Å². The predicted molar refractivity (Wildman–Crippen MR) is 68.3 cm³/mol. The number of thiazole rings is 1. The second-order valence-corrected chi connectivity index (χ2v) is 5.46. The number of aromatic carboxylic acids is 1. The first-order valence-corrected chi connectivity index (χ1v) is 6.62. The summed E-state index contributed by atoms with van der Waals surface area (Å²) in [6.45, 7) is 0. The molecule has 2 aromatic rings. The molecule has 9 heteroatoms. The number of carboxylic acids is 1. The van der Waals surface area contributed by atoms with Gasteiger partial charge in [-0.25, -0.2) is 14.2 Å². The summed E-state index contributed by atoms with van der Waals surface area (Å²) in [5.74, 6) is -2.42. The number of carbonyl (C=O) groups is 1. The summed E-state index contributed by atoms with van der Waals surface area (Å²) >= 11 is 6.13. The smallest absolute Gasteiger partial charge is 0.435 e. The molecule has 2 rings (SSSR count). The van der Waals surface area contributed by atoms with Crippen molar-refractivity contribution in [2.24, 2.45) is 0 Å². The minimum Gasteiger partial charge on any atom is -0.477 e. The normalized spacial score (nSPS) is 11.7. The van der Waals surface area contributed by atoms with Crippen LogP contribution in [0.15, 0.2) is 18.2 Å². The van der Waals surface area contributed by atoms with Crippen molar-refractivity contribution in [1.82, 2.24) is 4.98 Å². The highest BCUT2D eigenvalue weighted by molar-refractivity contribution is 7.13.